The largest absolute Gasteiger partial charge is 0.307 e. The minimum Gasteiger partial charge on any atom is -0.307 e. The van der Waals surface area contributed by atoms with E-state index in [1.165, 1.54) is 24.3 Å². The number of rotatable bonds is 4. The Morgan fingerprint density at radius 3 is 2.56 bits per heavy atom. The highest BCUT2D eigenvalue weighted by atomic mass is 19.1. The normalized spacial score (nSPS) is 15.2. The van der Waals surface area contributed by atoms with Crippen LogP contribution < -0.4 is 5.32 Å². The monoisotopic (exact) mass is 430 g/mol. The molecule has 4 heterocycles. The summed E-state index contributed by atoms with van der Waals surface area (Å²) in [6.07, 6.45) is 9.54. The smallest absolute Gasteiger partial charge is 0.256 e. The van der Waals surface area contributed by atoms with Gasteiger partial charge in [-0.25, -0.2) is 9.37 Å². The zero-order valence-electron chi connectivity index (χ0n) is 17.7. The molecule has 0 radical (unpaired) electrons. The number of nitrogens with one attached hydrogen (secondary N) is 1. The minimum atomic E-state index is -0.385. The lowest BCUT2D eigenvalue weighted by Crippen LogP contribution is -2.31. The van der Waals surface area contributed by atoms with E-state index in [4.69, 9.17) is 0 Å². The molecule has 0 unspecified atom stereocenters. The van der Waals surface area contributed by atoms with Crippen molar-refractivity contribution in [1.82, 2.24) is 24.6 Å². The molecule has 3 aromatic heterocycles. The lowest BCUT2D eigenvalue weighted by atomic mass is 10.1. The lowest BCUT2D eigenvalue weighted by Gasteiger charge is -2.28. The van der Waals surface area contributed by atoms with E-state index in [-0.39, 0.29) is 11.7 Å². The van der Waals surface area contributed by atoms with Crippen molar-refractivity contribution >= 4 is 22.5 Å². The van der Waals surface area contributed by atoms with Crippen LogP contribution in [0.2, 0.25) is 0 Å². The Kier molecular flexibility index (Phi) is 5.36. The third-order valence-corrected chi connectivity index (χ3v) is 5.91. The molecule has 0 spiro atoms. The minimum absolute atomic E-state index is 0.342. The average molecular weight is 430 g/mol. The van der Waals surface area contributed by atoms with Gasteiger partial charge in [0, 0.05) is 35.1 Å². The number of carbonyl (C=O) groups excluding carboxylic acids is 1. The van der Waals surface area contributed by atoms with Crippen molar-refractivity contribution in [3.63, 3.8) is 0 Å². The number of anilines is 1. The number of hydrogen-bond donors (Lipinski definition) is 1. The number of amides is 1. The van der Waals surface area contributed by atoms with Gasteiger partial charge in [0.1, 0.15) is 11.6 Å². The highest BCUT2D eigenvalue weighted by molar-refractivity contribution is 6.04. The molecular formula is C24H23FN6O. The van der Waals surface area contributed by atoms with Crippen molar-refractivity contribution in [2.24, 2.45) is 0 Å². The van der Waals surface area contributed by atoms with Crippen molar-refractivity contribution in [3.05, 3.63) is 72.6 Å². The average Bonchev–Trinajstić information content (AvgIpc) is 3.30. The number of halogens is 1. The van der Waals surface area contributed by atoms with E-state index in [0.717, 1.165) is 48.0 Å². The van der Waals surface area contributed by atoms with Gasteiger partial charge in [0.15, 0.2) is 0 Å². The van der Waals surface area contributed by atoms with Gasteiger partial charge in [0.2, 0.25) is 0 Å². The molecule has 1 saturated heterocycles. The van der Waals surface area contributed by atoms with E-state index in [9.17, 15) is 9.18 Å². The number of hydrogen-bond acceptors (Lipinski definition) is 5. The molecule has 32 heavy (non-hydrogen) atoms. The first kappa shape index (κ1) is 20.3. The van der Waals surface area contributed by atoms with E-state index >= 15 is 0 Å². The van der Waals surface area contributed by atoms with Gasteiger partial charge < -0.3 is 10.2 Å². The number of aromatic nitrogens is 4. The summed E-state index contributed by atoms with van der Waals surface area (Å²) in [5.74, 6) is -0.305. The van der Waals surface area contributed by atoms with Crippen molar-refractivity contribution in [2.45, 2.75) is 18.9 Å². The van der Waals surface area contributed by atoms with Gasteiger partial charge in [-0.1, -0.05) is 0 Å². The maximum absolute atomic E-state index is 13.1. The molecule has 8 heteroatoms. The number of likely N-dealkylation sites (tertiary alicyclic amines) is 1. The summed E-state index contributed by atoms with van der Waals surface area (Å²) in [6.45, 7) is 2.15. The molecule has 0 bridgehead atoms. The summed E-state index contributed by atoms with van der Waals surface area (Å²) in [4.78, 5) is 23.6. The Hall–Kier alpha value is -3.65. The fraction of sp³-hybridized carbons (Fsp3) is 0.250. The molecule has 5 rings (SSSR count). The standard InChI is InChI=1S/C24H23FN6O/c1-30-8-6-21(7-9-30)31-15-19(14-28-31)22-10-17-11-23(27-13-18(17)12-26-22)29-24(32)16-2-4-20(25)5-3-16/h2-5,10-15,21H,6-9H2,1H3,(H,27,29,32). The number of fused-ring (bicyclic) bond motifs is 1. The first-order chi connectivity index (χ1) is 15.5. The quantitative estimate of drug-likeness (QED) is 0.526. The number of nitrogens with zero attached hydrogens (tertiary/aromatic N) is 5. The van der Waals surface area contributed by atoms with Crippen LogP contribution in [-0.2, 0) is 0 Å². The molecule has 7 nitrogen and oxygen atoms in total. The Balaban J connectivity index is 1.36. The van der Waals surface area contributed by atoms with Crippen LogP contribution in [0.25, 0.3) is 22.0 Å². The van der Waals surface area contributed by atoms with Gasteiger partial charge in [0.05, 0.1) is 17.9 Å². The highest BCUT2D eigenvalue weighted by Crippen LogP contribution is 2.26. The number of benzene rings is 1. The van der Waals surface area contributed by atoms with Crippen LogP contribution in [-0.4, -0.2) is 50.7 Å². The van der Waals surface area contributed by atoms with E-state index < -0.39 is 0 Å². The second-order valence-electron chi connectivity index (χ2n) is 8.19. The van der Waals surface area contributed by atoms with Crippen LogP contribution in [0.4, 0.5) is 10.2 Å². The summed E-state index contributed by atoms with van der Waals surface area (Å²) >= 11 is 0. The van der Waals surface area contributed by atoms with Gasteiger partial charge >= 0.3 is 0 Å². The zero-order valence-corrected chi connectivity index (χ0v) is 17.7. The number of carbonyl (C=O) groups is 1. The maximum atomic E-state index is 13.1. The van der Waals surface area contributed by atoms with E-state index in [1.807, 2.05) is 18.3 Å². The van der Waals surface area contributed by atoms with Crippen molar-refractivity contribution < 1.29 is 9.18 Å². The molecule has 1 N–H and O–H groups in total. The molecule has 0 atom stereocenters. The first-order valence-corrected chi connectivity index (χ1v) is 10.6. The third-order valence-electron chi connectivity index (χ3n) is 5.91. The summed E-state index contributed by atoms with van der Waals surface area (Å²) in [5.41, 5.74) is 2.14. The first-order valence-electron chi connectivity index (χ1n) is 10.6. The molecule has 0 aliphatic carbocycles. The highest BCUT2D eigenvalue weighted by Gasteiger charge is 2.19. The van der Waals surface area contributed by atoms with Crippen molar-refractivity contribution in [1.29, 1.82) is 0 Å². The Bertz CT molecular complexity index is 1260. The fourth-order valence-electron chi connectivity index (χ4n) is 3.98. The Morgan fingerprint density at radius 1 is 1.03 bits per heavy atom. The predicted octanol–water partition coefficient (Wildman–Crippen LogP) is 4.15. The fourth-order valence-corrected chi connectivity index (χ4v) is 3.98. The molecule has 1 aliphatic rings. The Morgan fingerprint density at radius 2 is 1.78 bits per heavy atom. The summed E-state index contributed by atoms with van der Waals surface area (Å²) in [7, 11) is 2.15. The van der Waals surface area contributed by atoms with Crippen LogP contribution in [0.5, 0.6) is 0 Å². The summed E-state index contributed by atoms with van der Waals surface area (Å²) < 4.78 is 15.1. The van der Waals surface area contributed by atoms with Crippen LogP contribution >= 0.6 is 0 Å². The molecule has 0 saturated carbocycles. The van der Waals surface area contributed by atoms with Crippen molar-refractivity contribution in [3.8, 4) is 11.3 Å². The Labute approximate surface area is 184 Å². The third kappa shape index (κ3) is 4.22. The molecule has 1 aromatic carbocycles. The van der Waals surface area contributed by atoms with Crippen LogP contribution in [0, 0.1) is 5.82 Å². The second-order valence-corrected chi connectivity index (χ2v) is 8.19. The van der Waals surface area contributed by atoms with Crippen molar-refractivity contribution in [2.75, 3.05) is 25.5 Å². The van der Waals surface area contributed by atoms with Gasteiger partial charge in [-0.2, -0.15) is 5.10 Å². The number of pyridine rings is 2. The molecule has 1 fully saturated rings. The second kappa shape index (κ2) is 8.47. The summed E-state index contributed by atoms with van der Waals surface area (Å²) in [6, 6.07) is 9.59. The van der Waals surface area contributed by atoms with E-state index in [1.54, 1.807) is 12.4 Å². The van der Waals surface area contributed by atoms with Gasteiger partial charge in [0.25, 0.3) is 5.91 Å². The van der Waals surface area contributed by atoms with E-state index in [2.05, 4.69) is 43.2 Å². The summed E-state index contributed by atoms with van der Waals surface area (Å²) in [5, 5.41) is 9.13. The number of piperidine rings is 1. The molecule has 1 aliphatic heterocycles. The maximum Gasteiger partial charge on any atom is 0.256 e. The van der Waals surface area contributed by atoms with Crippen LogP contribution in [0.1, 0.15) is 29.2 Å². The lowest BCUT2D eigenvalue weighted by molar-refractivity contribution is 0.102. The SMILES string of the molecule is CN1CCC(n2cc(-c3cc4cc(NC(=O)c5ccc(F)cc5)ncc4cn3)cn2)CC1. The molecule has 4 aromatic rings. The molecule has 162 valence electrons. The molecule has 1 amide bonds. The molecular weight excluding hydrogens is 407 g/mol. The van der Waals surface area contributed by atoms with Crippen LogP contribution in [0.15, 0.2) is 61.2 Å². The van der Waals surface area contributed by atoms with Gasteiger partial charge in [-0.3, -0.25) is 14.5 Å². The van der Waals surface area contributed by atoms with Gasteiger partial charge in [-0.05, 0) is 74.8 Å². The van der Waals surface area contributed by atoms with Crippen LogP contribution in [0.3, 0.4) is 0 Å². The van der Waals surface area contributed by atoms with E-state index in [0.29, 0.717) is 17.4 Å². The zero-order chi connectivity index (χ0) is 22.1. The van der Waals surface area contributed by atoms with Gasteiger partial charge in [-0.15, -0.1) is 0 Å². The predicted molar refractivity (Wildman–Crippen MR) is 121 cm³/mol. The topological polar surface area (TPSA) is 75.9 Å².